The minimum absolute atomic E-state index is 0.170. The molecule has 3 aliphatic rings. The molecule has 0 radical (unpaired) electrons. The van der Waals surface area contributed by atoms with Crippen molar-refractivity contribution in [2.75, 3.05) is 14.1 Å². The van der Waals surface area contributed by atoms with Crippen LogP contribution in [0.15, 0.2) is 90.2 Å². The van der Waals surface area contributed by atoms with Gasteiger partial charge in [-0.05, 0) is 68.9 Å². The number of carbonyl (C=O) groups excluding carboxylic acids is 3. The van der Waals surface area contributed by atoms with Crippen molar-refractivity contribution >= 4 is 69.6 Å². The predicted octanol–water partition coefficient (Wildman–Crippen LogP) is 6.08. The number of aliphatic hydroxyl groups is 4. The Morgan fingerprint density at radius 3 is 2.28 bits per heavy atom. The maximum absolute atomic E-state index is 13.7. The van der Waals surface area contributed by atoms with Crippen LogP contribution in [-0.2, 0) is 37.9 Å². The van der Waals surface area contributed by atoms with Crippen molar-refractivity contribution < 1.29 is 44.7 Å². The molecular formula is C40H38Cl4N4O9. The highest BCUT2D eigenvalue weighted by Gasteiger charge is 2.66. The molecule has 3 aromatic carbocycles. The van der Waals surface area contributed by atoms with Crippen LogP contribution >= 0.6 is 46.4 Å². The second kappa shape index (κ2) is 16.1. The predicted molar refractivity (Wildman–Crippen MR) is 213 cm³/mol. The van der Waals surface area contributed by atoms with Crippen molar-refractivity contribution in [1.29, 1.82) is 0 Å². The van der Waals surface area contributed by atoms with Gasteiger partial charge in [0.15, 0.2) is 11.4 Å². The number of primary amides is 1. The minimum Gasteiger partial charge on any atom is -0.508 e. The molecule has 1 fully saturated rings. The van der Waals surface area contributed by atoms with Crippen molar-refractivity contribution in [3.8, 4) is 5.75 Å². The lowest BCUT2D eigenvalue weighted by Gasteiger charge is -2.53. The summed E-state index contributed by atoms with van der Waals surface area (Å²) >= 11 is 24.5. The van der Waals surface area contributed by atoms with Crippen molar-refractivity contribution in [2.45, 2.75) is 49.8 Å². The number of Topliss-reactive ketones (excluding diaryl/α,β-unsaturated/α-hetero) is 2. The summed E-state index contributed by atoms with van der Waals surface area (Å²) < 4.78 is 8.05. The molecule has 3 aliphatic carbocycles. The molecule has 0 aliphatic heterocycles. The van der Waals surface area contributed by atoms with Crippen LogP contribution < -0.4 is 5.73 Å². The molecule has 1 saturated carbocycles. The highest BCUT2D eigenvalue weighted by Crippen LogP contribution is 2.57. The third-order valence-corrected chi connectivity index (χ3v) is 11.9. The Bertz CT molecular complexity index is 2330. The number of halogens is 4. The second-order valence-corrected chi connectivity index (χ2v) is 16.1. The summed E-state index contributed by atoms with van der Waals surface area (Å²) in [4.78, 5) is 44.1. The summed E-state index contributed by atoms with van der Waals surface area (Å²) in [5, 5.41) is 57.2. The van der Waals surface area contributed by atoms with Crippen molar-refractivity contribution in [3.05, 3.63) is 133 Å². The topological polar surface area (TPSA) is 209 Å². The quantitative estimate of drug-likeness (QED) is 0.112. The van der Waals surface area contributed by atoms with Crippen molar-refractivity contribution in [1.82, 2.24) is 14.5 Å². The second-order valence-electron chi connectivity index (χ2n) is 14.4. The fourth-order valence-corrected chi connectivity index (χ4v) is 8.91. The van der Waals surface area contributed by atoms with Gasteiger partial charge in [-0.15, -0.1) is 0 Å². The van der Waals surface area contributed by atoms with E-state index in [2.05, 4.69) is 4.98 Å². The van der Waals surface area contributed by atoms with Crippen LogP contribution in [0.1, 0.15) is 41.7 Å². The lowest BCUT2D eigenvalue weighted by molar-refractivity contribution is -0.159. The highest BCUT2D eigenvalue weighted by molar-refractivity contribution is 6.35. The molecule has 1 unspecified atom stereocenters. The molecule has 7 rings (SSSR count). The Morgan fingerprint density at radius 2 is 1.68 bits per heavy atom. The zero-order valence-corrected chi connectivity index (χ0v) is 33.7. The van der Waals surface area contributed by atoms with E-state index < -0.39 is 75.0 Å². The molecular weight excluding hydrogens is 822 g/mol. The molecule has 0 spiro atoms. The molecule has 1 aromatic heterocycles. The SMILES string of the molecule is CN(C)[C@@H]1C(=O)C(C(N)=O)=C(O)[C@@]2(O)C(=O)C3=C(O)c4c(O)cccc4[C@@](C)(O)[C@H]3C[C@@H]12.Clc1ccc(COC(Cn2ccnc2)c2ccc(Cl)cc2Cl)c(Cl)c1. The van der Waals surface area contributed by atoms with Gasteiger partial charge >= 0.3 is 0 Å². The average molecular weight is 861 g/mol. The fraction of sp³-hybridized carbons (Fsp3) is 0.300. The molecule has 0 saturated heterocycles. The van der Waals surface area contributed by atoms with Crippen LogP contribution in [0.25, 0.3) is 5.76 Å². The highest BCUT2D eigenvalue weighted by atomic mass is 35.5. The van der Waals surface area contributed by atoms with Gasteiger partial charge in [0.2, 0.25) is 5.78 Å². The number of likely N-dealkylation sites (N-methyl/N-ethyl adjacent to an activating group) is 1. The van der Waals surface area contributed by atoms with Gasteiger partial charge in [-0.1, -0.05) is 70.7 Å². The Kier molecular flexibility index (Phi) is 11.9. The van der Waals surface area contributed by atoms with Gasteiger partial charge in [0.05, 0.1) is 36.7 Å². The van der Waals surface area contributed by atoms with Crippen LogP contribution in [0.2, 0.25) is 20.1 Å². The van der Waals surface area contributed by atoms with Gasteiger partial charge in [-0.3, -0.25) is 19.3 Å². The van der Waals surface area contributed by atoms with E-state index in [9.17, 15) is 39.9 Å². The molecule has 6 atom stereocenters. The zero-order chi connectivity index (χ0) is 41.7. The van der Waals surface area contributed by atoms with Gasteiger partial charge in [0, 0.05) is 55.5 Å². The van der Waals surface area contributed by atoms with E-state index >= 15 is 0 Å². The standard InChI is InChI=1S/C22H24N2O8.C18H14Cl4N2O/c1-21(31)8-5-4-6-11(25)12(8)16(26)13-9(21)7-10-15(24(2)3)17(27)14(20(23)30)19(29)22(10,32)18(13)28;19-13-2-1-12(16(21)7-13)10-25-18(9-24-6-5-23-11-24)15-4-3-14(20)8-17(15)22/h4-6,9-10,15,25-26,29,31-32H,7H2,1-3H3,(H2,23,30);1-8,11,18H,9-10H2/t9-,10-,15-,21+,22-;/m0./s1. The summed E-state index contributed by atoms with van der Waals surface area (Å²) in [6.07, 6.45) is 4.83. The molecule has 0 bridgehead atoms. The average Bonchev–Trinajstić information content (AvgIpc) is 3.64. The Labute approximate surface area is 347 Å². The summed E-state index contributed by atoms with van der Waals surface area (Å²) in [7, 11) is 3.01. The largest absolute Gasteiger partial charge is 0.508 e. The zero-order valence-electron chi connectivity index (χ0n) is 30.7. The third-order valence-electron chi connectivity index (χ3n) is 10.7. The number of nitrogens with zero attached hydrogens (tertiary/aromatic N) is 3. The van der Waals surface area contributed by atoms with E-state index in [1.54, 1.807) is 36.8 Å². The maximum Gasteiger partial charge on any atom is 0.255 e. The molecule has 1 amide bonds. The number of fused-ring (bicyclic) bond motifs is 3. The number of imidazole rings is 1. The summed E-state index contributed by atoms with van der Waals surface area (Å²) in [5.74, 6) is -7.90. The number of rotatable bonds is 8. The number of phenolic OH excluding ortho intramolecular Hbond substituents is 1. The maximum atomic E-state index is 13.7. The number of aliphatic hydroxyl groups excluding tert-OH is 2. The van der Waals surface area contributed by atoms with E-state index in [1.165, 1.54) is 44.1 Å². The van der Waals surface area contributed by atoms with Crippen LogP contribution in [0.5, 0.6) is 5.75 Å². The molecule has 13 nitrogen and oxygen atoms in total. The van der Waals surface area contributed by atoms with Crippen LogP contribution in [0.4, 0.5) is 0 Å². The number of ketones is 2. The van der Waals surface area contributed by atoms with Crippen LogP contribution in [0, 0.1) is 11.8 Å². The van der Waals surface area contributed by atoms with Gasteiger partial charge < -0.3 is 40.6 Å². The van der Waals surface area contributed by atoms with Gasteiger partial charge in [-0.2, -0.15) is 0 Å². The van der Waals surface area contributed by atoms with E-state index in [4.69, 9.17) is 56.9 Å². The number of ether oxygens (including phenoxy) is 1. The number of nitrogens with two attached hydrogens (primary N) is 1. The first-order valence-corrected chi connectivity index (χ1v) is 19.0. The molecule has 4 aromatic rings. The van der Waals surface area contributed by atoms with Crippen molar-refractivity contribution in [2.24, 2.45) is 17.6 Å². The minimum atomic E-state index is -2.75. The smallest absolute Gasteiger partial charge is 0.255 e. The number of hydrogen-bond acceptors (Lipinski definition) is 11. The summed E-state index contributed by atoms with van der Waals surface area (Å²) in [5.41, 5.74) is 1.16. The first-order chi connectivity index (χ1) is 26.8. The Morgan fingerprint density at radius 1 is 1.02 bits per heavy atom. The van der Waals surface area contributed by atoms with Crippen molar-refractivity contribution in [3.63, 3.8) is 0 Å². The normalized spacial score (nSPS) is 24.7. The first kappa shape index (κ1) is 42.2. The molecule has 7 N–H and O–H groups in total. The number of amides is 1. The monoisotopic (exact) mass is 858 g/mol. The summed E-state index contributed by atoms with van der Waals surface area (Å²) in [6.45, 7) is 2.29. The van der Waals surface area contributed by atoms with E-state index in [-0.39, 0.29) is 23.7 Å². The van der Waals surface area contributed by atoms with Crippen LogP contribution in [-0.4, -0.2) is 83.2 Å². The third kappa shape index (κ3) is 7.54. The number of aromatic hydroxyl groups is 1. The number of phenols is 1. The van der Waals surface area contributed by atoms with Crippen LogP contribution in [0.3, 0.4) is 0 Å². The van der Waals surface area contributed by atoms with E-state index in [0.29, 0.717) is 33.2 Å². The number of hydrogen-bond donors (Lipinski definition) is 6. The van der Waals surface area contributed by atoms with E-state index in [0.717, 1.165) is 11.1 Å². The Balaban J connectivity index is 0.000000199. The molecule has 1 heterocycles. The number of benzene rings is 3. The first-order valence-electron chi connectivity index (χ1n) is 17.5. The summed E-state index contributed by atoms with van der Waals surface area (Å²) in [6, 6.07) is 13.7. The molecule has 300 valence electrons. The van der Waals surface area contributed by atoms with Gasteiger partial charge in [-0.25, -0.2) is 4.98 Å². The Hall–Kier alpha value is -4.44. The number of aromatic nitrogens is 2. The van der Waals surface area contributed by atoms with Gasteiger partial charge in [0.25, 0.3) is 5.91 Å². The van der Waals surface area contributed by atoms with E-state index in [1.807, 2.05) is 22.9 Å². The lowest BCUT2D eigenvalue weighted by Crippen LogP contribution is -2.67. The molecule has 17 heteroatoms. The number of carbonyl (C=O) groups is 3. The lowest BCUT2D eigenvalue weighted by atomic mass is 9.54. The molecule has 57 heavy (non-hydrogen) atoms. The fourth-order valence-electron chi connectivity index (χ4n) is 7.92. The van der Waals surface area contributed by atoms with Gasteiger partial charge in [0.1, 0.15) is 28.9 Å².